The van der Waals surface area contributed by atoms with E-state index in [1.54, 1.807) is 6.92 Å². The Morgan fingerprint density at radius 2 is 2.00 bits per heavy atom. The Morgan fingerprint density at radius 1 is 1.36 bits per heavy atom. The van der Waals surface area contributed by atoms with Gasteiger partial charge in [-0.15, -0.1) is 0 Å². The van der Waals surface area contributed by atoms with E-state index in [9.17, 15) is 8.42 Å². The van der Waals surface area contributed by atoms with Gasteiger partial charge < -0.3 is 0 Å². The number of hydrogen-bond donors (Lipinski definition) is 0. The van der Waals surface area contributed by atoms with Gasteiger partial charge in [0.2, 0.25) is 0 Å². The molecule has 0 spiro atoms. The van der Waals surface area contributed by atoms with Gasteiger partial charge >= 0.3 is 0 Å². The molecule has 2 rings (SSSR count). The molecule has 3 nitrogen and oxygen atoms in total. The zero-order valence-corrected chi connectivity index (χ0v) is 7.57. The molecule has 64 valence electrons. The fourth-order valence-corrected chi connectivity index (χ4v) is 3.71. The van der Waals surface area contributed by atoms with E-state index in [4.69, 9.17) is 4.18 Å². The van der Waals surface area contributed by atoms with Crippen molar-refractivity contribution < 1.29 is 12.6 Å². The van der Waals surface area contributed by atoms with Crippen LogP contribution in [0.1, 0.15) is 26.7 Å². The molecule has 0 aromatic carbocycles. The summed E-state index contributed by atoms with van der Waals surface area (Å²) in [5.41, 5.74) is 0.00405. The zero-order valence-electron chi connectivity index (χ0n) is 6.75. The summed E-state index contributed by atoms with van der Waals surface area (Å²) in [6.45, 7) is 4.17. The molecule has 1 aliphatic carbocycles. The molecule has 1 heterocycles. The molecule has 1 saturated heterocycles. The molecule has 2 aliphatic rings. The molecule has 2 atom stereocenters. The highest BCUT2D eigenvalue weighted by Gasteiger charge is 2.71. The third-order valence-electron chi connectivity index (χ3n) is 3.32. The normalized spacial score (nSPS) is 53.3. The lowest BCUT2D eigenvalue weighted by atomic mass is 10.0. The Labute approximate surface area is 66.9 Å². The van der Waals surface area contributed by atoms with Crippen molar-refractivity contribution in [1.82, 2.24) is 0 Å². The van der Waals surface area contributed by atoms with Gasteiger partial charge in [-0.1, -0.05) is 6.92 Å². The molecule has 1 aliphatic heterocycles. The minimum atomic E-state index is -3.25. The van der Waals surface area contributed by atoms with Crippen LogP contribution in [0.3, 0.4) is 0 Å². The van der Waals surface area contributed by atoms with Crippen LogP contribution in [0.25, 0.3) is 0 Å². The molecule has 0 aromatic heterocycles. The molecule has 0 aromatic rings. The van der Waals surface area contributed by atoms with Crippen molar-refractivity contribution in [2.24, 2.45) is 5.41 Å². The maximum absolute atomic E-state index is 11.3. The van der Waals surface area contributed by atoms with Crippen molar-refractivity contribution in [3.8, 4) is 0 Å². The molecule has 4 heteroatoms. The monoisotopic (exact) mass is 176 g/mol. The van der Waals surface area contributed by atoms with Gasteiger partial charge in [0, 0.05) is 0 Å². The average molecular weight is 176 g/mol. The van der Waals surface area contributed by atoms with Crippen LogP contribution in [-0.4, -0.2) is 19.8 Å². The molecule has 11 heavy (non-hydrogen) atoms. The Kier molecular flexibility index (Phi) is 1.13. The molecule has 0 amide bonds. The molecule has 0 N–H and O–H groups in total. The van der Waals surface area contributed by atoms with E-state index in [2.05, 4.69) is 0 Å². The predicted octanol–water partition coefficient (Wildman–Crippen LogP) is 0.905. The smallest absolute Gasteiger partial charge is 0.270 e. The van der Waals surface area contributed by atoms with Crippen molar-refractivity contribution in [3.05, 3.63) is 0 Å². The molecular formula is C7H12O3S. The summed E-state index contributed by atoms with van der Waals surface area (Å²) in [6, 6.07) is 0. The van der Waals surface area contributed by atoms with Crippen LogP contribution >= 0.6 is 0 Å². The van der Waals surface area contributed by atoms with Gasteiger partial charge in [0.25, 0.3) is 10.1 Å². The minimum Gasteiger partial charge on any atom is -0.270 e. The molecular weight excluding hydrogens is 164 g/mol. The highest BCUT2D eigenvalue weighted by atomic mass is 32.2. The summed E-state index contributed by atoms with van der Waals surface area (Å²) < 4.78 is 26.8. The first-order chi connectivity index (χ1) is 4.91. The fraction of sp³-hybridized carbons (Fsp3) is 1.00. The Balaban J connectivity index is 2.45. The molecule has 0 radical (unpaired) electrons. The molecule has 2 unspecified atom stereocenters. The van der Waals surface area contributed by atoms with Crippen molar-refractivity contribution in [3.63, 3.8) is 0 Å². The first-order valence-corrected chi connectivity index (χ1v) is 5.21. The van der Waals surface area contributed by atoms with Crippen LogP contribution in [0, 0.1) is 5.41 Å². The Hall–Kier alpha value is -0.0900. The maximum Gasteiger partial charge on any atom is 0.273 e. The number of fused-ring (bicyclic) bond motifs is 1. The van der Waals surface area contributed by atoms with Gasteiger partial charge in [-0.05, 0) is 25.2 Å². The summed E-state index contributed by atoms with van der Waals surface area (Å²) in [4.78, 5) is 0. The van der Waals surface area contributed by atoms with E-state index < -0.39 is 14.9 Å². The van der Waals surface area contributed by atoms with Crippen molar-refractivity contribution in [1.29, 1.82) is 0 Å². The number of rotatable bonds is 0. The lowest BCUT2D eigenvalue weighted by Gasteiger charge is -2.23. The summed E-state index contributed by atoms with van der Waals surface area (Å²) >= 11 is 0. The van der Waals surface area contributed by atoms with Crippen molar-refractivity contribution in [2.75, 3.05) is 6.61 Å². The second-order valence-electron chi connectivity index (χ2n) is 3.99. The van der Waals surface area contributed by atoms with E-state index in [-0.39, 0.29) is 5.41 Å². The van der Waals surface area contributed by atoms with Crippen LogP contribution < -0.4 is 0 Å². The largest absolute Gasteiger partial charge is 0.273 e. The van der Waals surface area contributed by atoms with E-state index >= 15 is 0 Å². The third kappa shape index (κ3) is 0.693. The standard InChI is InChI=1S/C7H12O3S/c1-6-3-4-10-11(8,9)7(6,2)5-6/h3-5H2,1-2H3. The summed E-state index contributed by atoms with van der Waals surface area (Å²) in [6.07, 6.45) is 1.64. The summed E-state index contributed by atoms with van der Waals surface area (Å²) in [7, 11) is -3.25. The van der Waals surface area contributed by atoms with E-state index in [1.165, 1.54) is 0 Å². The molecule has 0 bridgehead atoms. The fourth-order valence-electron chi connectivity index (χ4n) is 1.95. The quantitative estimate of drug-likeness (QED) is 0.515. The van der Waals surface area contributed by atoms with Gasteiger partial charge in [-0.2, -0.15) is 8.42 Å². The van der Waals surface area contributed by atoms with Gasteiger partial charge in [0.05, 0.1) is 6.61 Å². The highest BCUT2D eigenvalue weighted by molar-refractivity contribution is 7.88. The van der Waals surface area contributed by atoms with Gasteiger partial charge in [-0.25, -0.2) is 0 Å². The van der Waals surface area contributed by atoms with Gasteiger partial charge in [-0.3, -0.25) is 4.18 Å². The highest BCUT2D eigenvalue weighted by Crippen LogP contribution is 2.65. The van der Waals surface area contributed by atoms with Gasteiger partial charge in [0.15, 0.2) is 0 Å². The molecule has 2 fully saturated rings. The Morgan fingerprint density at radius 3 is 2.45 bits per heavy atom. The van der Waals surface area contributed by atoms with E-state index in [0.29, 0.717) is 6.61 Å². The second-order valence-corrected chi connectivity index (χ2v) is 6.04. The maximum atomic E-state index is 11.3. The first-order valence-electron chi connectivity index (χ1n) is 3.80. The van der Waals surface area contributed by atoms with Crippen LogP contribution in [0.15, 0.2) is 0 Å². The van der Waals surface area contributed by atoms with Crippen molar-refractivity contribution in [2.45, 2.75) is 31.4 Å². The van der Waals surface area contributed by atoms with E-state index in [1.807, 2.05) is 6.92 Å². The minimum absolute atomic E-state index is 0.00405. The van der Waals surface area contributed by atoms with Crippen LogP contribution in [0.2, 0.25) is 0 Å². The van der Waals surface area contributed by atoms with Crippen LogP contribution in [0.4, 0.5) is 0 Å². The summed E-state index contributed by atoms with van der Waals surface area (Å²) in [5.74, 6) is 0. The zero-order chi connectivity index (χ0) is 8.33. The van der Waals surface area contributed by atoms with Crippen LogP contribution in [0.5, 0.6) is 0 Å². The van der Waals surface area contributed by atoms with Crippen LogP contribution in [-0.2, 0) is 14.3 Å². The first kappa shape index (κ1) is 7.55. The van der Waals surface area contributed by atoms with Crippen molar-refractivity contribution >= 4 is 10.1 Å². The average Bonchev–Trinajstić information content (AvgIpc) is 2.36. The molecule has 1 saturated carbocycles. The van der Waals surface area contributed by atoms with Gasteiger partial charge in [0.1, 0.15) is 4.75 Å². The van der Waals surface area contributed by atoms with E-state index in [0.717, 1.165) is 12.8 Å². The summed E-state index contributed by atoms with van der Waals surface area (Å²) in [5, 5.41) is 0. The topological polar surface area (TPSA) is 43.4 Å². The predicted molar refractivity (Wildman–Crippen MR) is 40.6 cm³/mol. The SMILES string of the molecule is CC12CCOS(=O)(=O)C1(C)C2. The lowest BCUT2D eigenvalue weighted by Crippen LogP contribution is -2.33. The second kappa shape index (κ2) is 1.64. The lowest BCUT2D eigenvalue weighted by molar-refractivity contribution is 0.240. The number of hydrogen-bond acceptors (Lipinski definition) is 3. The third-order valence-corrected chi connectivity index (χ3v) is 5.54. The Bertz CT molecular complexity index is 295.